The van der Waals surface area contributed by atoms with Gasteiger partial charge in [-0.05, 0) is 42.7 Å². The predicted molar refractivity (Wildman–Crippen MR) is 91.6 cm³/mol. The minimum Gasteiger partial charge on any atom is -0.480 e. The van der Waals surface area contributed by atoms with Crippen LogP contribution in [0.2, 0.25) is 0 Å². The summed E-state index contributed by atoms with van der Waals surface area (Å²) >= 11 is 0. The maximum absolute atomic E-state index is 12.3. The van der Waals surface area contributed by atoms with Gasteiger partial charge in [0.05, 0.1) is 6.26 Å². The van der Waals surface area contributed by atoms with Gasteiger partial charge in [-0.3, -0.25) is 9.59 Å². The number of anilines is 1. The van der Waals surface area contributed by atoms with E-state index in [2.05, 4.69) is 10.6 Å². The Bertz CT molecular complexity index is 781. The number of rotatable bonds is 6. The first kappa shape index (κ1) is 18.3. The molecule has 0 bridgehead atoms. The Morgan fingerprint density at radius 3 is 2.40 bits per heavy atom. The molecule has 0 aliphatic carbocycles. The monoisotopic (exact) mass is 344 g/mol. The van der Waals surface area contributed by atoms with Crippen LogP contribution in [0.3, 0.4) is 0 Å². The second kappa shape index (κ2) is 7.65. The Morgan fingerprint density at radius 1 is 1.12 bits per heavy atom. The third-order valence-corrected chi connectivity index (χ3v) is 3.71. The summed E-state index contributed by atoms with van der Waals surface area (Å²) < 4.78 is 5.03. The number of nitrogens with one attached hydrogen (secondary N) is 2. The lowest BCUT2D eigenvalue weighted by atomic mass is 10.0. The van der Waals surface area contributed by atoms with Crippen molar-refractivity contribution in [2.45, 2.75) is 26.8 Å². The van der Waals surface area contributed by atoms with E-state index in [0.29, 0.717) is 5.69 Å². The van der Waals surface area contributed by atoms with E-state index in [1.165, 1.54) is 18.4 Å². The van der Waals surface area contributed by atoms with Gasteiger partial charge in [0.15, 0.2) is 5.76 Å². The Balaban J connectivity index is 2.18. The lowest BCUT2D eigenvalue weighted by molar-refractivity contribution is -0.140. The summed E-state index contributed by atoms with van der Waals surface area (Å²) in [5, 5.41) is 14.3. The molecule has 1 aromatic carbocycles. The maximum Gasteiger partial charge on any atom is 0.326 e. The molecule has 7 nitrogen and oxygen atoms in total. The molecule has 132 valence electrons. The van der Waals surface area contributed by atoms with E-state index in [1.807, 2.05) is 0 Å². The van der Waals surface area contributed by atoms with Crippen LogP contribution < -0.4 is 10.6 Å². The molecular formula is C18H20N2O5. The molecule has 25 heavy (non-hydrogen) atoms. The molecule has 1 heterocycles. The molecule has 1 aromatic heterocycles. The second-order valence-electron chi connectivity index (χ2n) is 5.99. The van der Waals surface area contributed by atoms with Gasteiger partial charge in [-0.2, -0.15) is 0 Å². The molecule has 2 rings (SSSR count). The molecule has 0 saturated carbocycles. The van der Waals surface area contributed by atoms with Crippen LogP contribution in [0, 0.1) is 12.8 Å². The van der Waals surface area contributed by atoms with Gasteiger partial charge in [-0.1, -0.05) is 19.9 Å². The number of aryl methyl sites for hydroxylation is 1. The summed E-state index contributed by atoms with van der Waals surface area (Å²) in [7, 11) is 0. The third kappa shape index (κ3) is 4.47. The largest absolute Gasteiger partial charge is 0.480 e. The topological polar surface area (TPSA) is 109 Å². The quantitative estimate of drug-likeness (QED) is 0.746. The van der Waals surface area contributed by atoms with Crippen LogP contribution in [0.1, 0.15) is 40.3 Å². The maximum atomic E-state index is 12.3. The van der Waals surface area contributed by atoms with E-state index in [9.17, 15) is 19.5 Å². The molecular weight excluding hydrogens is 324 g/mol. The number of amides is 2. The molecule has 1 atom stereocenters. The highest BCUT2D eigenvalue weighted by Gasteiger charge is 2.24. The molecule has 0 fully saturated rings. The summed E-state index contributed by atoms with van der Waals surface area (Å²) in [4.78, 5) is 35.6. The fourth-order valence-corrected chi connectivity index (χ4v) is 2.23. The molecule has 2 amide bonds. The third-order valence-electron chi connectivity index (χ3n) is 3.71. The van der Waals surface area contributed by atoms with E-state index in [1.54, 1.807) is 39.0 Å². The summed E-state index contributed by atoms with van der Waals surface area (Å²) in [6, 6.07) is 6.90. The smallest absolute Gasteiger partial charge is 0.326 e. The van der Waals surface area contributed by atoms with Gasteiger partial charge >= 0.3 is 5.97 Å². The SMILES string of the molecule is Cc1ccc(C(=O)N[C@H](C(=O)O)C(C)C)cc1NC(=O)c1ccco1. The molecule has 0 radical (unpaired) electrons. The highest BCUT2D eigenvalue weighted by atomic mass is 16.4. The molecule has 0 aliphatic heterocycles. The van der Waals surface area contributed by atoms with Crippen molar-refractivity contribution >= 4 is 23.5 Å². The van der Waals surface area contributed by atoms with Crippen LogP contribution in [0.15, 0.2) is 41.0 Å². The number of carboxylic acids is 1. The summed E-state index contributed by atoms with van der Waals surface area (Å²) in [5.74, 6) is -2.15. The van der Waals surface area contributed by atoms with Crippen molar-refractivity contribution in [1.82, 2.24) is 5.32 Å². The van der Waals surface area contributed by atoms with Gasteiger partial charge < -0.3 is 20.2 Å². The van der Waals surface area contributed by atoms with Crippen molar-refractivity contribution in [3.8, 4) is 0 Å². The van der Waals surface area contributed by atoms with Crippen LogP contribution in [-0.4, -0.2) is 28.9 Å². The van der Waals surface area contributed by atoms with Crippen molar-refractivity contribution in [3.63, 3.8) is 0 Å². The standard InChI is InChI=1S/C18H20N2O5/c1-10(2)15(18(23)24)20-16(21)12-7-6-11(3)13(9-12)19-17(22)14-5-4-8-25-14/h4-10,15H,1-3H3,(H,19,22)(H,20,21)(H,23,24)/t15-/m0/s1. The Labute approximate surface area is 145 Å². The van der Waals surface area contributed by atoms with Crippen molar-refractivity contribution in [2.75, 3.05) is 5.32 Å². The van der Waals surface area contributed by atoms with Gasteiger partial charge in [0.2, 0.25) is 0 Å². The summed E-state index contributed by atoms with van der Waals surface area (Å²) in [6.07, 6.45) is 1.39. The molecule has 0 aliphatic rings. The Hall–Kier alpha value is -3.09. The fraction of sp³-hybridized carbons (Fsp3) is 0.278. The number of furan rings is 1. The van der Waals surface area contributed by atoms with Gasteiger partial charge in [0, 0.05) is 11.3 Å². The summed E-state index contributed by atoms with van der Waals surface area (Å²) in [5.41, 5.74) is 1.47. The van der Waals surface area contributed by atoms with Gasteiger partial charge in [0.25, 0.3) is 11.8 Å². The highest BCUT2D eigenvalue weighted by molar-refractivity contribution is 6.04. The number of hydrogen-bond donors (Lipinski definition) is 3. The fourth-order valence-electron chi connectivity index (χ4n) is 2.23. The Morgan fingerprint density at radius 2 is 1.84 bits per heavy atom. The first-order valence-corrected chi connectivity index (χ1v) is 7.78. The van der Waals surface area contributed by atoms with Crippen LogP contribution in [0.5, 0.6) is 0 Å². The van der Waals surface area contributed by atoms with E-state index in [0.717, 1.165) is 5.56 Å². The number of carbonyl (C=O) groups excluding carboxylic acids is 2. The molecule has 7 heteroatoms. The number of carboxylic acid groups (broad SMARTS) is 1. The average molecular weight is 344 g/mol. The normalized spacial score (nSPS) is 11.8. The zero-order chi connectivity index (χ0) is 18.6. The molecule has 2 aromatic rings. The number of carbonyl (C=O) groups is 3. The zero-order valence-electron chi connectivity index (χ0n) is 14.2. The minimum absolute atomic E-state index is 0.153. The van der Waals surface area contributed by atoms with Crippen LogP contribution in [-0.2, 0) is 4.79 Å². The van der Waals surface area contributed by atoms with Gasteiger partial charge in [0.1, 0.15) is 6.04 Å². The lowest BCUT2D eigenvalue weighted by Crippen LogP contribution is -2.44. The van der Waals surface area contributed by atoms with Crippen LogP contribution in [0.25, 0.3) is 0 Å². The first-order valence-electron chi connectivity index (χ1n) is 7.78. The van der Waals surface area contributed by atoms with Crippen molar-refractivity contribution in [2.24, 2.45) is 5.92 Å². The Kier molecular flexibility index (Phi) is 5.59. The van der Waals surface area contributed by atoms with Gasteiger partial charge in [-0.25, -0.2) is 4.79 Å². The van der Waals surface area contributed by atoms with Crippen molar-refractivity contribution in [1.29, 1.82) is 0 Å². The minimum atomic E-state index is -1.10. The van der Waals surface area contributed by atoms with Gasteiger partial charge in [-0.15, -0.1) is 0 Å². The number of aliphatic carboxylic acids is 1. The molecule has 0 saturated heterocycles. The van der Waals surface area contributed by atoms with E-state index in [-0.39, 0.29) is 17.2 Å². The second-order valence-corrected chi connectivity index (χ2v) is 5.99. The van der Waals surface area contributed by atoms with E-state index < -0.39 is 23.8 Å². The van der Waals surface area contributed by atoms with Crippen molar-refractivity contribution in [3.05, 3.63) is 53.5 Å². The molecule has 0 unspecified atom stereocenters. The van der Waals surface area contributed by atoms with Crippen molar-refractivity contribution < 1.29 is 23.9 Å². The van der Waals surface area contributed by atoms with Crippen LogP contribution >= 0.6 is 0 Å². The highest BCUT2D eigenvalue weighted by Crippen LogP contribution is 2.18. The molecule has 3 N–H and O–H groups in total. The molecule has 0 spiro atoms. The summed E-state index contributed by atoms with van der Waals surface area (Å²) in [6.45, 7) is 5.21. The average Bonchev–Trinajstić information content (AvgIpc) is 3.08. The number of hydrogen-bond acceptors (Lipinski definition) is 4. The number of benzene rings is 1. The van der Waals surface area contributed by atoms with E-state index in [4.69, 9.17) is 4.42 Å². The first-order chi connectivity index (χ1) is 11.8. The zero-order valence-corrected chi connectivity index (χ0v) is 14.2. The van der Waals surface area contributed by atoms with Crippen LogP contribution in [0.4, 0.5) is 5.69 Å². The van der Waals surface area contributed by atoms with E-state index >= 15 is 0 Å². The lowest BCUT2D eigenvalue weighted by Gasteiger charge is -2.18. The predicted octanol–water partition coefficient (Wildman–Crippen LogP) is 2.68.